The van der Waals surface area contributed by atoms with Crippen molar-refractivity contribution in [2.75, 3.05) is 6.54 Å². The molecule has 10 heavy (non-hydrogen) atoms. The van der Waals surface area contributed by atoms with E-state index in [4.69, 9.17) is 10.8 Å². The second kappa shape index (κ2) is 2.46. The zero-order valence-electron chi connectivity index (χ0n) is 5.95. The number of urea groups is 1. The third-order valence-electron chi connectivity index (χ3n) is 1.84. The largest absolute Gasteiger partial charge is 0.391 e. The maximum absolute atomic E-state index is 10.6. The molecule has 0 saturated carbocycles. The summed E-state index contributed by atoms with van der Waals surface area (Å²) in [6.45, 7) is 2.26. The first-order valence-electron chi connectivity index (χ1n) is 3.35. The Morgan fingerprint density at radius 3 is 2.60 bits per heavy atom. The smallest absolute Gasteiger partial charge is 0.315 e. The predicted octanol–water partition coefficient (Wildman–Crippen LogP) is -0.480. The number of β-amino-alcohol motifs (C(OH)–C–C–N with tert-alkyl or cyclic N) is 1. The lowest BCUT2D eigenvalue weighted by atomic mass is 10.2. The Morgan fingerprint density at radius 1 is 1.80 bits per heavy atom. The molecule has 1 rings (SSSR count). The molecule has 1 fully saturated rings. The molecule has 0 aromatic heterocycles. The molecule has 2 unspecified atom stereocenters. The van der Waals surface area contributed by atoms with Gasteiger partial charge in [-0.3, -0.25) is 0 Å². The summed E-state index contributed by atoms with van der Waals surface area (Å²) in [4.78, 5) is 12.1. The third kappa shape index (κ3) is 1.21. The molecular weight excluding hydrogens is 132 g/mol. The van der Waals surface area contributed by atoms with Crippen LogP contribution in [0.15, 0.2) is 0 Å². The topological polar surface area (TPSA) is 66.6 Å². The van der Waals surface area contributed by atoms with Crippen LogP contribution >= 0.6 is 0 Å². The van der Waals surface area contributed by atoms with Crippen LogP contribution in [0.2, 0.25) is 0 Å². The van der Waals surface area contributed by atoms with Crippen molar-refractivity contribution in [2.24, 2.45) is 5.73 Å². The Kier molecular flexibility index (Phi) is 1.80. The molecule has 2 amide bonds. The number of aliphatic hydroxyl groups is 1. The first-order valence-corrected chi connectivity index (χ1v) is 3.35. The van der Waals surface area contributed by atoms with Gasteiger partial charge in [0.1, 0.15) is 0 Å². The number of hydrogen-bond donors (Lipinski definition) is 2. The summed E-state index contributed by atoms with van der Waals surface area (Å²) in [5, 5.41) is 9.07. The van der Waals surface area contributed by atoms with Crippen LogP contribution < -0.4 is 5.73 Å². The number of nitrogens with zero attached hydrogens (tertiary/aromatic N) is 1. The van der Waals surface area contributed by atoms with Crippen LogP contribution in [0.1, 0.15) is 13.3 Å². The predicted molar refractivity (Wildman–Crippen MR) is 36.4 cm³/mol. The van der Waals surface area contributed by atoms with Gasteiger partial charge in [-0.2, -0.15) is 0 Å². The highest BCUT2D eigenvalue weighted by Gasteiger charge is 2.29. The van der Waals surface area contributed by atoms with Gasteiger partial charge in [0.15, 0.2) is 0 Å². The molecule has 0 radical (unpaired) electrons. The van der Waals surface area contributed by atoms with Gasteiger partial charge in [0, 0.05) is 12.6 Å². The van der Waals surface area contributed by atoms with E-state index in [1.807, 2.05) is 6.92 Å². The highest BCUT2D eigenvalue weighted by atomic mass is 16.3. The summed E-state index contributed by atoms with van der Waals surface area (Å²) in [5.74, 6) is 0. The monoisotopic (exact) mass is 144 g/mol. The molecular formula is C6H12N2O2. The number of rotatable bonds is 0. The molecule has 0 aromatic rings. The number of aliphatic hydroxyl groups excluding tert-OH is 1. The first kappa shape index (κ1) is 7.34. The molecule has 1 saturated heterocycles. The van der Waals surface area contributed by atoms with Crippen LogP contribution in [0.3, 0.4) is 0 Å². The van der Waals surface area contributed by atoms with Crippen molar-refractivity contribution < 1.29 is 9.90 Å². The van der Waals surface area contributed by atoms with Crippen molar-refractivity contribution in [1.29, 1.82) is 0 Å². The molecule has 4 heteroatoms. The van der Waals surface area contributed by atoms with Crippen LogP contribution in [0.25, 0.3) is 0 Å². The van der Waals surface area contributed by atoms with E-state index in [1.54, 1.807) is 0 Å². The number of primary amides is 1. The fourth-order valence-electron chi connectivity index (χ4n) is 1.31. The van der Waals surface area contributed by atoms with Crippen LogP contribution in [0.4, 0.5) is 4.79 Å². The SMILES string of the molecule is CC1CC(O)CN1C(N)=O. The van der Waals surface area contributed by atoms with E-state index < -0.39 is 6.03 Å². The Labute approximate surface area is 59.6 Å². The van der Waals surface area contributed by atoms with Gasteiger partial charge in [-0.25, -0.2) is 4.79 Å². The zero-order chi connectivity index (χ0) is 7.72. The number of amides is 2. The number of carbonyl (C=O) groups excluding carboxylic acids is 1. The van der Waals surface area contributed by atoms with Crippen molar-refractivity contribution in [3.8, 4) is 0 Å². The summed E-state index contributed by atoms with van der Waals surface area (Å²) in [5.41, 5.74) is 5.03. The van der Waals surface area contributed by atoms with Crippen molar-refractivity contribution in [2.45, 2.75) is 25.5 Å². The molecule has 2 atom stereocenters. The van der Waals surface area contributed by atoms with Crippen LogP contribution in [-0.2, 0) is 0 Å². The molecule has 0 aliphatic carbocycles. The summed E-state index contributed by atoms with van der Waals surface area (Å²) in [7, 11) is 0. The van der Waals surface area contributed by atoms with Gasteiger partial charge in [-0.1, -0.05) is 0 Å². The number of carbonyl (C=O) groups is 1. The molecule has 1 aliphatic heterocycles. The van der Waals surface area contributed by atoms with Crippen LogP contribution in [-0.4, -0.2) is 34.7 Å². The molecule has 1 aliphatic rings. The molecule has 0 aromatic carbocycles. The summed E-state index contributed by atoms with van der Waals surface area (Å²) in [6.07, 6.45) is 0.255. The van der Waals surface area contributed by atoms with Gasteiger partial charge in [0.05, 0.1) is 6.10 Å². The molecule has 4 nitrogen and oxygen atoms in total. The van der Waals surface area contributed by atoms with Crippen LogP contribution in [0, 0.1) is 0 Å². The standard InChI is InChI=1S/C6H12N2O2/c1-4-2-5(9)3-8(4)6(7)10/h4-5,9H,2-3H2,1H3,(H2,7,10). The van der Waals surface area contributed by atoms with Crippen molar-refractivity contribution >= 4 is 6.03 Å². The lowest BCUT2D eigenvalue weighted by molar-refractivity contribution is 0.174. The van der Waals surface area contributed by atoms with E-state index in [2.05, 4.69) is 0 Å². The van der Waals surface area contributed by atoms with Crippen molar-refractivity contribution in [3.05, 3.63) is 0 Å². The minimum Gasteiger partial charge on any atom is -0.391 e. The quantitative estimate of drug-likeness (QED) is 0.482. The molecule has 0 spiro atoms. The van der Waals surface area contributed by atoms with Gasteiger partial charge in [0.2, 0.25) is 0 Å². The van der Waals surface area contributed by atoms with E-state index in [0.717, 1.165) is 0 Å². The Hall–Kier alpha value is -0.770. The molecule has 0 bridgehead atoms. The summed E-state index contributed by atoms with van der Waals surface area (Å²) < 4.78 is 0. The highest BCUT2D eigenvalue weighted by Crippen LogP contribution is 2.15. The normalized spacial score (nSPS) is 32.8. The van der Waals surface area contributed by atoms with Gasteiger partial charge in [-0.15, -0.1) is 0 Å². The van der Waals surface area contributed by atoms with E-state index >= 15 is 0 Å². The third-order valence-corrected chi connectivity index (χ3v) is 1.84. The van der Waals surface area contributed by atoms with Crippen molar-refractivity contribution in [3.63, 3.8) is 0 Å². The molecule has 3 N–H and O–H groups in total. The first-order chi connectivity index (χ1) is 4.61. The maximum Gasteiger partial charge on any atom is 0.315 e. The Balaban J connectivity index is 2.54. The van der Waals surface area contributed by atoms with Crippen LogP contribution in [0.5, 0.6) is 0 Å². The second-order valence-corrected chi connectivity index (χ2v) is 2.73. The number of nitrogens with two attached hydrogens (primary N) is 1. The maximum atomic E-state index is 10.6. The minimum atomic E-state index is -0.441. The van der Waals surface area contributed by atoms with E-state index in [-0.39, 0.29) is 12.1 Å². The van der Waals surface area contributed by atoms with Gasteiger partial charge in [-0.05, 0) is 13.3 Å². The van der Waals surface area contributed by atoms with E-state index in [9.17, 15) is 4.79 Å². The minimum absolute atomic E-state index is 0.0903. The van der Waals surface area contributed by atoms with Gasteiger partial charge in [0.25, 0.3) is 0 Å². The number of likely N-dealkylation sites (tertiary alicyclic amines) is 1. The molecule has 58 valence electrons. The fourth-order valence-corrected chi connectivity index (χ4v) is 1.31. The summed E-state index contributed by atoms with van der Waals surface area (Å²) >= 11 is 0. The molecule has 1 heterocycles. The van der Waals surface area contributed by atoms with Gasteiger partial charge < -0.3 is 15.7 Å². The fraction of sp³-hybridized carbons (Fsp3) is 0.833. The lowest BCUT2D eigenvalue weighted by Crippen LogP contribution is -2.38. The summed E-state index contributed by atoms with van der Waals surface area (Å²) in [6, 6.07) is -0.350. The zero-order valence-corrected chi connectivity index (χ0v) is 5.95. The lowest BCUT2D eigenvalue weighted by Gasteiger charge is -2.17. The Bertz CT molecular complexity index is 149. The average Bonchev–Trinajstić information content (AvgIpc) is 2.10. The number of hydrogen-bond acceptors (Lipinski definition) is 2. The Morgan fingerprint density at radius 2 is 2.40 bits per heavy atom. The van der Waals surface area contributed by atoms with Crippen molar-refractivity contribution in [1.82, 2.24) is 4.90 Å². The van der Waals surface area contributed by atoms with Gasteiger partial charge >= 0.3 is 6.03 Å². The van der Waals surface area contributed by atoms with E-state index in [0.29, 0.717) is 13.0 Å². The second-order valence-electron chi connectivity index (χ2n) is 2.73. The highest BCUT2D eigenvalue weighted by molar-refractivity contribution is 5.72. The average molecular weight is 144 g/mol. The van der Waals surface area contributed by atoms with E-state index in [1.165, 1.54) is 4.90 Å².